The van der Waals surface area contributed by atoms with E-state index in [1.165, 1.54) is 0 Å². The van der Waals surface area contributed by atoms with Crippen LogP contribution in [0.5, 0.6) is 5.75 Å². The molecule has 22 heavy (non-hydrogen) atoms. The largest absolute Gasteiger partial charge is 0.493 e. The van der Waals surface area contributed by atoms with Crippen molar-refractivity contribution in [3.05, 3.63) is 28.8 Å². The SMILES string of the molecule is CCC(=O)NC1CCOc2c(C)cc(C(O)C(C)(C)C)cc21. The Labute approximate surface area is 132 Å². The maximum Gasteiger partial charge on any atom is 0.220 e. The molecule has 122 valence electrons. The van der Waals surface area contributed by atoms with Crippen molar-refractivity contribution in [2.24, 2.45) is 5.41 Å². The van der Waals surface area contributed by atoms with E-state index in [2.05, 4.69) is 5.32 Å². The maximum absolute atomic E-state index is 11.8. The van der Waals surface area contributed by atoms with Crippen LogP contribution >= 0.6 is 0 Å². The van der Waals surface area contributed by atoms with E-state index in [-0.39, 0.29) is 17.4 Å². The number of benzene rings is 1. The fourth-order valence-corrected chi connectivity index (χ4v) is 2.82. The minimum atomic E-state index is -0.555. The van der Waals surface area contributed by atoms with Crippen molar-refractivity contribution in [3.63, 3.8) is 0 Å². The molecule has 2 atom stereocenters. The van der Waals surface area contributed by atoms with E-state index >= 15 is 0 Å². The average molecular weight is 305 g/mol. The Hall–Kier alpha value is -1.55. The van der Waals surface area contributed by atoms with Crippen molar-refractivity contribution in [1.29, 1.82) is 0 Å². The van der Waals surface area contributed by atoms with Crippen LogP contribution in [-0.2, 0) is 4.79 Å². The highest BCUT2D eigenvalue weighted by Gasteiger charge is 2.29. The number of nitrogens with one attached hydrogen (secondary N) is 1. The van der Waals surface area contributed by atoms with Crippen LogP contribution in [-0.4, -0.2) is 17.6 Å². The summed E-state index contributed by atoms with van der Waals surface area (Å²) in [7, 11) is 0. The van der Waals surface area contributed by atoms with Gasteiger partial charge in [-0.1, -0.05) is 27.7 Å². The predicted molar refractivity (Wildman–Crippen MR) is 86.9 cm³/mol. The van der Waals surface area contributed by atoms with Gasteiger partial charge in [0.05, 0.1) is 18.8 Å². The molecule has 0 fully saturated rings. The number of hydrogen-bond donors (Lipinski definition) is 2. The molecule has 0 spiro atoms. The summed E-state index contributed by atoms with van der Waals surface area (Å²) in [6.07, 6.45) is 0.671. The van der Waals surface area contributed by atoms with E-state index in [0.717, 1.165) is 28.9 Å². The molecule has 2 rings (SSSR count). The summed E-state index contributed by atoms with van der Waals surface area (Å²) >= 11 is 0. The molecule has 0 bridgehead atoms. The quantitative estimate of drug-likeness (QED) is 0.899. The standard InChI is InChI=1S/C18H27NO3/c1-6-15(20)19-14-7-8-22-16-11(2)9-12(10-13(14)16)17(21)18(3,4)5/h9-10,14,17,21H,6-8H2,1-5H3,(H,19,20). The van der Waals surface area contributed by atoms with Crippen molar-refractivity contribution in [2.45, 2.75) is 59.6 Å². The second kappa shape index (κ2) is 6.29. The lowest BCUT2D eigenvalue weighted by atomic mass is 9.82. The van der Waals surface area contributed by atoms with Crippen LogP contribution in [0.4, 0.5) is 0 Å². The lowest BCUT2D eigenvalue weighted by Gasteiger charge is -2.31. The van der Waals surface area contributed by atoms with Gasteiger partial charge in [-0.25, -0.2) is 0 Å². The van der Waals surface area contributed by atoms with Crippen LogP contribution in [0.3, 0.4) is 0 Å². The average Bonchev–Trinajstić information content (AvgIpc) is 2.46. The molecule has 1 aliphatic rings. The molecule has 0 radical (unpaired) electrons. The highest BCUT2D eigenvalue weighted by molar-refractivity contribution is 5.76. The molecule has 0 aromatic heterocycles. The number of rotatable bonds is 3. The van der Waals surface area contributed by atoms with Crippen LogP contribution in [0.25, 0.3) is 0 Å². The molecule has 2 N–H and O–H groups in total. The molecule has 4 nitrogen and oxygen atoms in total. The monoisotopic (exact) mass is 305 g/mol. The molecule has 1 aromatic carbocycles. The summed E-state index contributed by atoms with van der Waals surface area (Å²) in [5.41, 5.74) is 2.63. The molecule has 1 heterocycles. The van der Waals surface area contributed by atoms with Gasteiger partial charge in [-0.05, 0) is 35.6 Å². The molecule has 2 unspecified atom stereocenters. The first-order valence-corrected chi connectivity index (χ1v) is 7.98. The molecular formula is C18H27NO3. The number of aryl methyl sites for hydroxylation is 1. The smallest absolute Gasteiger partial charge is 0.220 e. The van der Waals surface area contributed by atoms with E-state index in [9.17, 15) is 9.90 Å². The van der Waals surface area contributed by atoms with Gasteiger partial charge in [-0.3, -0.25) is 4.79 Å². The Morgan fingerprint density at radius 3 is 2.73 bits per heavy atom. The Morgan fingerprint density at radius 2 is 2.14 bits per heavy atom. The molecule has 4 heteroatoms. The summed E-state index contributed by atoms with van der Waals surface area (Å²) < 4.78 is 5.79. The van der Waals surface area contributed by atoms with Gasteiger partial charge in [0.15, 0.2) is 0 Å². The third-order valence-electron chi connectivity index (χ3n) is 4.15. The summed E-state index contributed by atoms with van der Waals surface area (Å²) in [5, 5.41) is 13.6. The Balaban J connectivity index is 2.41. The van der Waals surface area contributed by atoms with Crippen LogP contribution in [0.2, 0.25) is 0 Å². The first-order valence-electron chi connectivity index (χ1n) is 7.98. The Kier molecular flexibility index (Phi) is 4.81. The van der Waals surface area contributed by atoms with Crippen molar-refractivity contribution in [1.82, 2.24) is 5.32 Å². The van der Waals surface area contributed by atoms with E-state index in [0.29, 0.717) is 13.0 Å². The lowest BCUT2D eigenvalue weighted by molar-refractivity contribution is -0.121. The van der Waals surface area contributed by atoms with E-state index in [4.69, 9.17) is 4.74 Å². The number of carbonyl (C=O) groups is 1. The highest BCUT2D eigenvalue weighted by Crippen LogP contribution is 2.40. The minimum Gasteiger partial charge on any atom is -0.493 e. The molecular weight excluding hydrogens is 278 g/mol. The third kappa shape index (κ3) is 3.43. The molecule has 0 saturated heterocycles. The van der Waals surface area contributed by atoms with Crippen LogP contribution in [0.15, 0.2) is 12.1 Å². The normalized spacial score (nSPS) is 19.1. The van der Waals surface area contributed by atoms with Crippen molar-refractivity contribution in [3.8, 4) is 5.75 Å². The van der Waals surface area contributed by atoms with Crippen LogP contribution in [0.1, 0.15) is 69.4 Å². The number of ether oxygens (including phenoxy) is 1. The van der Waals surface area contributed by atoms with Crippen LogP contribution < -0.4 is 10.1 Å². The zero-order chi connectivity index (χ0) is 16.5. The summed E-state index contributed by atoms with van der Waals surface area (Å²) in [6.45, 7) is 10.5. The molecule has 1 aliphatic heterocycles. The fourth-order valence-electron chi connectivity index (χ4n) is 2.82. The molecule has 1 aromatic rings. The number of fused-ring (bicyclic) bond motifs is 1. The lowest BCUT2D eigenvalue weighted by Crippen LogP contribution is -2.32. The van der Waals surface area contributed by atoms with Gasteiger partial charge >= 0.3 is 0 Å². The summed E-state index contributed by atoms with van der Waals surface area (Å²) in [4.78, 5) is 11.8. The van der Waals surface area contributed by atoms with Gasteiger partial charge in [0.25, 0.3) is 0 Å². The van der Waals surface area contributed by atoms with Gasteiger partial charge in [0.2, 0.25) is 5.91 Å². The van der Waals surface area contributed by atoms with E-state index < -0.39 is 6.10 Å². The zero-order valence-electron chi connectivity index (χ0n) is 14.2. The summed E-state index contributed by atoms with van der Waals surface area (Å²) in [5.74, 6) is 0.884. The molecule has 0 aliphatic carbocycles. The van der Waals surface area contributed by atoms with E-state index in [1.807, 2.05) is 46.8 Å². The van der Waals surface area contributed by atoms with Gasteiger partial charge in [0.1, 0.15) is 5.75 Å². The second-order valence-electron chi connectivity index (χ2n) is 7.14. The van der Waals surface area contributed by atoms with Gasteiger partial charge in [0, 0.05) is 18.4 Å². The minimum absolute atomic E-state index is 0.0391. The van der Waals surface area contributed by atoms with Crippen molar-refractivity contribution >= 4 is 5.91 Å². The molecule has 0 saturated carbocycles. The summed E-state index contributed by atoms with van der Waals surface area (Å²) in [6, 6.07) is 3.93. The van der Waals surface area contributed by atoms with Crippen molar-refractivity contribution in [2.75, 3.05) is 6.61 Å². The number of aliphatic hydroxyl groups is 1. The maximum atomic E-state index is 11.8. The first kappa shape index (κ1) is 16.8. The first-order chi connectivity index (χ1) is 10.2. The second-order valence-corrected chi connectivity index (χ2v) is 7.14. The Bertz CT molecular complexity index is 560. The number of carbonyl (C=O) groups excluding carboxylic acids is 1. The molecule has 1 amide bonds. The van der Waals surface area contributed by atoms with Crippen molar-refractivity contribution < 1.29 is 14.6 Å². The topological polar surface area (TPSA) is 58.6 Å². The van der Waals surface area contributed by atoms with Gasteiger partial charge in [-0.2, -0.15) is 0 Å². The van der Waals surface area contributed by atoms with Crippen LogP contribution in [0, 0.1) is 12.3 Å². The van der Waals surface area contributed by atoms with Gasteiger partial charge in [-0.15, -0.1) is 0 Å². The van der Waals surface area contributed by atoms with E-state index in [1.54, 1.807) is 0 Å². The third-order valence-corrected chi connectivity index (χ3v) is 4.15. The number of aliphatic hydroxyl groups excluding tert-OH is 1. The van der Waals surface area contributed by atoms with Gasteiger partial charge < -0.3 is 15.2 Å². The fraction of sp³-hybridized carbons (Fsp3) is 0.611. The zero-order valence-corrected chi connectivity index (χ0v) is 14.2. The highest BCUT2D eigenvalue weighted by atomic mass is 16.5. The number of hydrogen-bond acceptors (Lipinski definition) is 3. The predicted octanol–water partition coefficient (Wildman–Crippen LogP) is 3.42. The number of amides is 1. The Morgan fingerprint density at radius 1 is 1.45 bits per heavy atom.